The molecule has 0 radical (unpaired) electrons. The van der Waals surface area contributed by atoms with E-state index in [0.717, 1.165) is 12.8 Å². The second-order valence-corrected chi connectivity index (χ2v) is 4.14. The van der Waals surface area contributed by atoms with Crippen LogP contribution in [-0.4, -0.2) is 49.2 Å². The van der Waals surface area contributed by atoms with Crippen LogP contribution in [-0.2, 0) is 19.1 Å². The number of nitrogens with zero attached hydrogens (tertiary/aromatic N) is 1. The van der Waals surface area contributed by atoms with Gasteiger partial charge in [-0.15, -0.1) is 0 Å². The highest BCUT2D eigenvalue weighted by Crippen LogP contribution is 2.16. The number of hydrogen-bond acceptors (Lipinski definition) is 4. The molecule has 1 heterocycles. The number of ether oxygens (including phenoxy) is 2. The predicted octanol–water partition coefficient (Wildman–Crippen LogP) is 0.575. The van der Waals surface area contributed by atoms with Crippen molar-refractivity contribution in [1.82, 2.24) is 4.90 Å². The lowest BCUT2D eigenvalue weighted by Crippen LogP contribution is -2.46. The number of rotatable bonds is 4. The lowest BCUT2D eigenvalue weighted by molar-refractivity contribution is -0.152. The Morgan fingerprint density at radius 2 is 2.19 bits per heavy atom. The van der Waals surface area contributed by atoms with Gasteiger partial charge in [0.15, 0.2) is 0 Å². The van der Waals surface area contributed by atoms with Crippen LogP contribution in [0.2, 0.25) is 0 Å². The topological polar surface area (TPSA) is 55.8 Å². The van der Waals surface area contributed by atoms with Gasteiger partial charge in [0, 0.05) is 12.6 Å². The van der Waals surface area contributed by atoms with Crippen LogP contribution in [0.5, 0.6) is 0 Å². The maximum atomic E-state index is 12.0. The van der Waals surface area contributed by atoms with Crippen LogP contribution < -0.4 is 0 Å². The van der Waals surface area contributed by atoms with Crippen molar-refractivity contribution in [1.29, 1.82) is 0 Å². The summed E-state index contributed by atoms with van der Waals surface area (Å²) >= 11 is 0. The van der Waals surface area contributed by atoms with Crippen molar-refractivity contribution in [3.05, 3.63) is 0 Å². The zero-order valence-electron chi connectivity index (χ0n) is 10.1. The number of esters is 1. The highest BCUT2D eigenvalue weighted by Gasteiger charge is 2.30. The predicted molar refractivity (Wildman–Crippen MR) is 57.8 cm³/mol. The van der Waals surface area contributed by atoms with Crippen molar-refractivity contribution in [2.45, 2.75) is 38.8 Å². The van der Waals surface area contributed by atoms with Gasteiger partial charge < -0.3 is 14.4 Å². The Hall–Kier alpha value is -1.10. The summed E-state index contributed by atoms with van der Waals surface area (Å²) in [7, 11) is 1.32. The van der Waals surface area contributed by atoms with Crippen molar-refractivity contribution < 1.29 is 19.1 Å². The monoisotopic (exact) mass is 229 g/mol. The molecule has 0 aromatic heterocycles. The van der Waals surface area contributed by atoms with Crippen LogP contribution in [0.1, 0.15) is 26.7 Å². The molecule has 0 aliphatic carbocycles. The normalized spacial score (nSPS) is 19.9. The first-order valence-electron chi connectivity index (χ1n) is 5.55. The van der Waals surface area contributed by atoms with E-state index < -0.39 is 5.97 Å². The third-order valence-electron chi connectivity index (χ3n) is 2.64. The van der Waals surface area contributed by atoms with Crippen LogP contribution in [0.15, 0.2) is 0 Å². The molecule has 5 nitrogen and oxygen atoms in total. The summed E-state index contributed by atoms with van der Waals surface area (Å²) < 4.78 is 9.89. The van der Waals surface area contributed by atoms with Gasteiger partial charge >= 0.3 is 5.97 Å². The van der Waals surface area contributed by atoms with E-state index in [4.69, 9.17) is 4.74 Å². The van der Waals surface area contributed by atoms with Gasteiger partial charge in [-0.25, -0.2) is 0 Å². The lowest BCUT2D eigenvalue weighted by atomic mass is 10.2. The molecule has 1 rings (SSSR count). The van der Waals surface area contributed by atoms with Gasteiger partial charge in [0.05, 0.1) is 7.11 Å². The van der Waals surface area contributed by atoms with Crippen molar-refractivity contribution in [2.75, 3.05) is 20.3 Å². The van der Waals surface area contributed by atoms with E-state index in [9.17, 15) is 9.59 Å². The molecule has 1 aliphatic heterocycles. The van der Waals surface area contributed by atoms with Crippen molar-refractivity contribution in [3.8, 4) is 0 Å². The molecule has 1 aliphatic rings. The Balaban J connectivity index is 2.61. The molecule has 16 heavy (non-hydrogen) atoms. The van der Waals surface area contributed by atoms with E-state index in [2.05, 4.69) is 4.74 Å². The first kappa shape index (κ1) is 13.0. The van der Waals surface area contributed by atoms with Gasteiger partial charge in [-0.05, 0) is 26.7 Å². The number of methoxy groups -OCH3 is 1. The van der Waals surface area contributed by atoms with Crippen LogP contribution in [0.4, 0.5) is 0 Å². The molecule has 0 spiro atoms. The van der Waals surface area contributed by atoms with E-state index in [1.54, 1.807) is 0 Å². The molecule has 92 valence electrons. The third-order valence-corrected chi connectivity index (χ3v) is 2.64. The quantitative estimate of drug-likeness (QED) is 0.661. The molecule has 1 atom stereocenters. The summed E-state index contributed by atoms with van der Waals surface area (Å²) in [5, 5.41) is 0. The Kier molecular flexibility index (Phi) is 4.73. The molecule has 0 aromatic rings. The Bertz CT molecular complexity index is 259. The Morgan fingerprint density at radius 1 is 1.50 bits per heavy atom. The minimum atomic E-state index is -0.403. The van der Waals surface area contributed by atoms with E-state index in [1.807, 2.05) is 13.8 Å². The van der Waals surface area contributed by atoms with E-state index in [0.29, 0.717) is 6.61 Å². The fraction of sp³-hybridized carbons (Fsp3) is 0.818. The maximum Gasteiger partial charge on any atom is 0.325 e. The summed E-state index contributed by atoms with van der Waals surface area (Å²) in [6.07, 6.45) is 1.26. The smallest absolute Gasteiger partial charge is 0.325 e. The van der Waals surface area contributed by atoms with Gasteiger partial charge in [-0.2, -0.15) is 0 Å². The molecule has 0 saturated carbocycles. The SMILES string of the molecule is COC(=O)CN(C(=O)[C@@H]1CCCO1)C(C)C. The number of amides is 1. The molecule has 0 aromatic carbocycles. The van der Waals surface area contributed by atoms with Gasteiger partial charge in [-0.3, -0.25) is 9.59 Å². The highest BCUT2D eigenvalue weighted by molar-refractivity contribution is 5.85. The average molecular weight is 229 g/mol. The van der Waals surface area contributed by atoms with Crippen LogP contribution in [0.3, 0.4) is 0 Å². The van der Waals surface area contributed by atoms with E-state index >= 15 is 0 Å². The number of carbonyl (C=O) groups is 2. The molecular weight excluding hydrogens is 210 g/mol. The van der Waals surface area contributed by atoms with Crippen molar-refractivity contribution in [2.24, 2.45) is 0 Å². The largest absolute Gasteiger partial charge is 0.468 e. The van der Waals surface area contributed by atoms with Crippen molar-refractivity contribution >= 4 is 11.9 Å². The zero-order chi connectivity index (χ0) is 12.1. The first-order chi connectivity index (χ1) is 7.56. The summed E-state index contributed by atoms with van der Waals surface area (Å²) in [5.41, 5.74) is 0. The summed E-state index contributed by atoms with van der Waals surface area (Å²) in [5.74, 6) is -0.516. The van der Waals surface area contributed by atoms with E-state index in [1.165, 1.54) is 12.0 Å². The molecule has 5 heteroatoms. The molecular formula is C11H19NO4. The number of carbonyl (C=O) groups excluding carboxylic acids is 2. The minimum Gasteiger partial charge on any atom is -0.468 e. The second-order valence-electron chi connectivity index (χ2n) is 4.14. The van der Waals surface area contributed by atoms with Gasteiger partial charge in [0.1, 0.15) is 12.6 Å². The highest BCUT2D eigenvalue weighted by atomic mass is 16.5. The second kappa shape index (κ2) is 5.84. The third kappa shape index (κ3) is 3.20. The lowest BCUT2D eigenvalue weighted by Gasteiger charge is -2.27. The van der Waals surface area contributed by atoms with Crippen LogP contribution in [0.25, 0.3) is 0 Å². The summed E-state index contributed by atoms with van der Waals surface area (Å²) in [6.45, 7) is 4.36. The number of hydrogen-bond donors (Lipinski definition) is 0. The Morgan fingerprint density at radius 3 is 2.62 bits per heavy atom. The fourth-order valence-corrected chi connectivity index (χ4v) is 1.68. The molecule has 1 fully saturated rings. The molecule has 0 bridgehead atoms. The summed E-state index contributed by atoms with van der Waals surface area (Å²) in [4.78, 5) is 24.7. The maximum absolute atomic E-state index is 12.0. The van der Waals surface area contributed by atoms with E-state index in [-0.39, 0.29) is 24.6 Å². The molecule has 1 amide bonds. The van der Waals surface area contributed by atoms with Gasteiger partial charge in [0.2, 0.25) is 0 Å². The minimum absolute atomic E-state index is 0.00708. The van der Waals surface area contributed by atoms with Crippen molar-refractivity contribution in [3.63, 3.8) is 0 Å². The van der Waals surface area contributed by atoms with Crippen LogP contribution >= 0.6 is 0 Å². The Labute approximate surface area is 95.7 Å². The zero-order valence-corrected chi connectivity index (χ0v) is 10.1. The molecule has 0 N–H and O–H groups in total. The molecule has 0 unspecified atom stereocenters. The summed E-state index contributed by atoms with van der Waals surface area (Å²) in [6, 6.07) is -0.0317. The molecule has 1 saturated heterocycles. The van der Waals surface area contributed by atoms with Crippen LogP contribution in [0, 0.1) is 0 Å². The van der Waals surface area contributed by atoms with Gasteiger partial charge in [0.25, 0.3) is 5.91 Å². The fourth-order valence-electron chi connectivity index (χ4n) is 1.68. The van der Waals surface area contributed by atoms with Gasteiger partial charge in [-0.1, -0.05) is 0 Å². The first-order valence-corrected chi connectivity index (χ1v) is 5.55. The standard InChI is InChI=1S/C11H19NO4/c1-8(2)12(7-10(13)15-3)11(14)9-5-4-6-16-9/h8-9H,4-7H2,1-3H3/t9-/m0/s1. The average Bonchev–Trinajstić information content (AvgIpc) is 2.77.